The molecule has 0 aromatic carbocycles. The van der Waals surface area contributed by atoms with Crippen molar-refractivity contribution < 1.29 is 9.53 Å². The molecule has 2 heterocycles. The quantitative estimate of drug-likeness (QED) is 0.663. The molecule has 0 unspecified atom stereocenters. The van der Waals surface area contributed by atoms with Crippen LogP contribution in [0.15, 0.2) is 24.4 Å². The van der Waals surface area contributed by atoms with Gasteiger partial charge in [0, 0.05) is 19.3 Å². The molecule has 1 saturated heterocycles. The van der Waals surface area contributed by atoms with E-state index in [0.29, 0.717) is 32.1 Å². The van der Waals surface area contributed by atoms with Crippen molar-refractivity contribution in [2.24, 2.45) is 0 Å². The number of nitrogens with zero attached hydrogens (tertiary/aromatic N) is 3. The minimum absolute atomic E-state index is 0.592. The van der Waals surface area contributed by atoms with E-state index >= 15 is 0 Å². The van der Waals surface area contributed by atoms with Gasteiger partial charge in [-0.2, -0.15) is 0 Å². The van der Waals surface area contributed by atoms with Gasteiger partial charge in [0.15, 0.2) is 5.82 Å². The Morgan fingerprint density at radius 2 is 2.20 bits per heavy atom. The second-order valence-electron chi connectivity index (χ2n) is 3.16. The molecule has 0 N–H and O–H groups in total. The lowest BCUT2D eigenvalue weighted by atomic mass is 10.4. The Morgan fingerprint density at radius 1 is 1.40 bits per heavy atom. The van der Waals surface area contributed by atoms with Gasteiger partial charge in [-0.25, -0.2) is 15.0 Å². The minimum atomic E-state index is 0.592. The highest BCUT2D eigenvalue weighted by Gasteiger charge is 2.19. The topological polar surface area (TPSA) is 45.7 Å². The summed E-state index contributed by atoms with van der Waals surface area (Å²) in [4.78, 5) is 15.0. The van der Waals surface area contributed by atoms with Crippen LogP contribution in [0.5, 0.6) is 0 Å². The monoisotopic (exact) mass is 206 g/mol. The summed E-state index contributed by atoms with van der Waals surface area (Å²) in [7, 11) is 0. The molecule has 0 spiro atoms. The largest absolute Gasteiger partial charge is 0.379 e. The van der Waals surface area contributed by atoms with E-state index in [1.165, 1.54) is 5.01 Å². The summed E-state index contributed by atoms with van der Waals surface area (Å²) in [6.45, 7) is 2.63. The Balaban J connectivity index is 2.12. The molecule has 1 radical (unpaired) electrons. The average Bonchev–Trinajstić information content (AvgIpc) is 2.33. The van der Waals surface area contributed by atoms with Gasteiger partial charge in [-0.1, -0.05) is 6.07 Å². The molecule has 1 aromatic heterocycles. The third-order valence-electron chi connectivity index (χ3n) is 2.22. The van der Waals surface area contributed by atoms with Crippen LogP contribution in [0, 0.1) is 0 Å². The van der Waals surface area contributed by atoms with Crippen molar-refractivity contribution in [1.29, 1.82) is 0 Å². The van der Waals surface area contributed by atoms with Crippen LogP contribution in [0.25, 0.3) is 0 Å². The smallest absolute Gasteiger partial charge is 0.334 e. The number of hydrogen-bond donors (Lipinski definition) is 0. The molecule has 5 heteroatoms. The maximum atomic E-state index is 10.9. The zero-order chi connectivity index (χ0) is 10.5. The number of morpholine rings is 1. The summed E-state index contributed by atoms with van der Waals surface area (Å²) < 4.78 is 5.21. The molecule has 1 aromatic rings. The van der Waals surface area contributed by atoms with Gasteiger partial charge < -0.3 is 4.74 Å². The van der Waals surface area contributed by atoms with Crippen LogP contribution in [0.2, 0.25) is 0 Å². The summed E-state index contributed by atoms with van der Waals surface area (Å²) >= 11 is 0. The van der Waals surface area contributed by atoms with E-state index in [0.717, 1.165) is 0 Å². The summed E-state index contributed by atoms with van der Waals surface area (Å²) in [5.41, 5.74) is 0. The number of ether oxygens (including phenoxy) is 1. The fourth-order valence-electron chi connectivity index (χ4n) is 1.48. The number of amides is 1. The summed E-state index contributed by atoms with van der Waals surface area (Å²) in [6.07, 6.45) is 3.53. The van der Waals surface area contributed by atoms with Gasteiger partial charge in [-0.15, -0.1) is 0 Å². The third-order valence-corrected chi connectivity index (χ3v) is 2.22. The summed E-state index contributed by atoms with van der Waals surface area (Å²) in [5, 5.41) is 3.28. The van der Waals surface area contributed by atoms with Gasteiger partial charge in [-0.3, -0.25) is 4.79 Å². The lowest BCUT2D eigenvalue weighted by Gasteiger charge is -2.32. The number of pyridine rings is 1. The van der Waals surface area contributed by atoms with Crippen LogP contribution in [-0.4, -0.2) is 42.7 Å². The standard InChI is InChI=1S/C10H12N3O2/c14-9-13(10-3-1-2-4-11-10)12-5-7-15-8-6-12/h1-4H,5-8H2. The van der Waals surface area contributed by atoms with E-state index in [4.69, 9.17) is 4.74 Å². The SMILES string of the molecule is O=[C]N(c1ccccn1)N1CCOCC1. The van der Waals surface area contributed by atoms with Crippen molar-refractivity contribution in [1.82, 2.24) is 9.99 Å². The molecule has 2 rings (SSSR count). The summed E-state index contributed by atoms with van der Waals surface area (Å²) in [5.74, 6) is 0.592. The first-order valence-electron chi connectivity index (χ1n) is 4.83. The molecule has 0 bridgehead atoms. The first kappa shape index (κ1) is 10.1. The lowest BCUT2D eigenvalue weighted by molar-refractivity contribution is 0.0388. The molecule has 1 amide bonds. The normalized spacial score (nSPS) is 17.3. The average molecular weight is 206 g/mol. The maximum Gasteiger partial charge on any atom is 0.334 e. The molecule has 1 fully saturated rings. The van der Waals surface area contributed by atoms with Gasteiger partial charge in [0.25, 0.3) is 0 Å². The van der Waals surface area contributed by atoms with Crippen LogP contribution in [0.4, 0.5) is 5.82 Å². The van der Waals surface area contributed by atoms with E-state index in [-0.39, 0.29) is 0 Å². The molecule has 0 aliphatic carbocycles. The molecule has 1 aliphatic rings. The third kappa shape index (κ3) is 2.31. The van der Waals surface area contributed by atoms with Crippen molar-refractivity contribution in [3.8, 4) is 0 Å². The summed E-state index contributed by atoms with van der Waals surface area (Å²) in [6, 6.07) is 5.43. The van der Waals surface area contributed by atoms with E-state index in [1.54, 1.807) is 12.3 Å². The van der Waals surface area contributed by atoms with Crippen molar-refractivity contribution in [3.05, 3.63) is 24.4 Å². The molecular weight excluding hydrogens is 194 g/mol. The highest BCUT2D eigenvalue weighted by Crippen LogP contribution is 2.11. The number of rotatable bonds is 3. The lowest BCUT2D eigenvalue weighted by Crippen LogP contribution is -2.48. The van der Waals surface area contributed by atoms with Gasteiger partial charge in [0.2, 0.25) is 0 Å². The number of hydrogen-bond acceptors (Lipinski definition) is 4. The Morgan fingerprint density at radius 3 is 2.80 bits per heavy atom. The van der Waals surface area contributed by atoms with Crippen molar-refractivity contribution in [2.75, 3.05) is 31.3 Å². The molecule has 1 aliphatic heterocycles. The Bertz CT molecular complexity index is 312. The van der Waals surface area contributed by atoms with Crippen LogP contribution in [-0.2, 0) is 9.53 Å². The van der Waals surface area contributed by atoms with Crippen LogP contribution < -0.4 is 5.01 Å². The fourth-order valence-corrected chi connectivity index (χ4v) is 1.48. The van der Waals surface area contributed by atoms with Crippen molar-refractivity contribution in [2.45, 2.75) is 0 Å². The molecule has 0 atom stereocenters. The zero-order valence-electron chi connectivity index (χ0n) is 8.30. The number of hydrazine groups is 1. The number of aromatic nitrogens is 1. The number of anilines is 1. The maximum absolute atomic E-state index is 10.9. The van der Waals surface area contributed by atoms with Gasteiger partial charge >= 0.3 is 6.41 Å². The predicted molar refractivity (Wildman–Crippen MR) is 54.8 cm³/mol. The van der Waals surface area contributed by atoms with Gasteiger partial charge in [0.1, 0.15) is 0 Å². The first-order chi connectivity index (χ1) is 7.42. The Kier molecular flexibility index (Phi) is 3.26. The molecular formula is C10H12N3O2. The van der Waals surface area contributed by atoms with Crippen LogP contribution in [0.3, 0.4) is 0 Å². The van der Waals surface area contributed by atoms with E-state index in [1.807, 2.05) is 23.6 Å². The number of carbonyl (C=O) groups excluding carboxylic acids is 1. The van der Waals surface area contributed by atoms with E-state index < -0.39 is 0 Å². The molecule has 0 saturated carbocycles. The van der Waals surface area contributed by atoms with E-state index in [9.17, 15) is 4.79 Å². The second-order valence-corrected chi connectivity index (χ2v) is 3.16. The first-order valence-corrected chi connectivity index (χ1v) is 4.83. The molecule has 15 heavy (non-hydrogen) atoms. The van der Waals surface area contributed by atoms with Crippen molar-refractivity contribution in [3.63, 3.8) is 0 Å². The second kappa shape index (κ2) is 4.86. The predicted octanol–water partition coefficient (Wildman–Crippen LogP) is 0.202. The highest BCUT2D eigenvalue weighted by atomic mass is 16.5. The highest BCUT2D eigenvalue weighted by molar-refractivity contribution is 5.71. The van der Waals surface area contributed by atoms with Crippen LogP contribution in [0.1, 0.15) is 0 Å². The molecule has 5 nitrogen and oxygen atoms in total. The Labute approximate surface area is 88.2 Å². The minimum Gasteiger partial charge on any atom is -0.379 e. The van der Waals surface area contributed by atoms with Gasteiger partial charge in [-0.05, 0) is 12.1 Å². The zero-order valence-corrected chi connectivity index (χ0v) is 8.30. The van der Waals surface area contributed by atoms with Crippen molar-refractivity contribution >= 4 is 12.2 Å². The Hall–Kier alpha value is -1.46. The van der Waals surface area contributed by atoms with Crippen LogP contribution >= 0.6 is 0 Å². The fraction of sp³-hybridized carbons (Fsp3) is 0.400. The molecule has 79 valence electrons. The van der Waals surface area contributed by atoms with E-state index in [2.05, 4.69) is 4.98 Å². The van der Waals surface area contributed by atoms with Gasteiger partial charge in [0.05, 0.1) is 13.2 Å².